The van der Waals surface area contributed by atoms with E-state index in [4.69, 9.17) is 40.6 Å². The van der Waals surface area contributed by atoms with E-state index in [0.717, 1.165) is 30.1 Å². The molecule has 0 bridgehead atoms. The van der Waals surface area contributed by atoms with E-state index in [9.17, 15) is 24.4 Å². The van der Waals surface area contributed by atoms with Crippen molar-refractivity contribution in [2.75, 3.05) is 53.2 Å². The maximum Gasteiger partial charge on any atom is 0.254 e. The SMILES string of the molecule is CC(C)c1cc(N2C(S)N(c3ccc(C#N)c(Cl)c3)C(=O)C2(C)C)ccc1OCCN1C[C@@H](C)N(CC(=O)Nc2cc(Cl)cc(NC3CCC(=O)NC3=O)c2)[C@@H](C)C1. The van der Waals surface area contributed by atoms with E-state index in [1.165, 1.54) is 0 Å². The van der Waals surface area contributed by atoms with Crippen LogP contribution in [0, 0.1) is 11.3 Å². The van der Waals surface area contributed by atoms with Gasteiger partial charge in [0, 0.05) is 65.9 Å². The van der Waals surface area contributed by atoms with Crippen molar-refractivity contribution < 1.29 is 23.9 Å². The fraction of sp³-hybridized carbons (Fsp3) is 0.452. The summed E-state index contributed by atoms with van der Waals surface area (Å²) in [5, 5.41) is 18.4. The number of anilines is 4. The maximum absolute atomic E-state index is 13.8. The second-order valence-electron chi connectivity index (χ2n) is 16.0. The minimum Gasteiger partial charge on any atom is -0.492 e. The average Bonchev–Trinajstić information content (AvgIpc) is 3.32. The normalized spacial score (nSPS) is 22.5. The third-order valence-electron chi connectivity index (χ3n) is 11.0. The molecule has 0 aliphatic carbocycles. The van der Waals surface area contributed by atoms with Gasteiger partial charge in [-0.3, -0.25) is 39.2 Å². The molecule has 0 saturated carbocycles. The van der Waals surface area contributed by atoms with Crippen LogP contribution in [0.2, 0.25) is 10.0 Å². The van der Waals surface area contributed by atoms with E-state index in [2.05, 4.69) is 65.6 Å². The molecule has 3 saturated heterocycles. The highest BCUT2D eigenvalue weighted by molar-refractivity contribution is 7.81. The molecule has 3 aliphatic rings. The topological polar surface area (TPSA) is 150 Å². The Kier molecular flexibility index (Phi) is 13.2. The summed E-state index contributed by atoms with van der Waals surface area (Å²) in [6.07, 6.45) is 0.620. The van der Waals surface area contributed by atoms with Gasteiger partial charge in [-0.25, -0.2) is 0 Å². The predicted octanol–water partition coefficient (Wildman–Crippen LogP) is 6.46. The van der Waals surface area contributed by atoms with Gasteiger partial charge in [0.1, 0.15) is 30.0 Å². The van der Waals surface area contributed by atoms with E-state index < -0.39 is 17.1 Å². The number of nitrogens with one attached hydrogen (secondary N) is 3. The molecule has 0 aromatic heterocycles. The summed E-state index contributed by atoms with van der Waals surface area (Å²) in [7, 11) is 0. The van der Waals surface area contributed by atoms with Gasteiger partial charge in [-0.2, -0.15) is 5.26 Å². The summed E-state index contributed by atoms with van der Waals surface area (Å²) in [6, 6.07) is 17.7. The van der Waals surface area contributed by atoms with Gasteiger partial charge in [0.2, 0.25) is 17.7 Å². The van der Waals surface area contributed by atoms with Crippen molar-refractivity contribution in [3.8, 4) is 11.8 Å². The fourth-order valence-corrected chi connectivity index (χ4v) is 9.13. The molecule has 0 radical (unpaired) electrons. The number of benzene rings is 3. The number of piperazine rings is 1. The number of hydrogen-bond acceptors (Lipinski definition) is 11. The number of nitrogens with zero attached hydrogens (tertiary/aromatic N) is 5. The zero-order chi connectivity index (χ0) is 42.1. The highest BCUT2D eigenvalue weighted by Crippen LogP contribution is 2.43. The minimum absolute atomic E-state index is 0.102. The molecule has 3 aromatic carbocycles. The van der Waals surface area contributed by atoms with Crippen LogP contribution in [0.1, 0.15) is 71.4 Å². The van der Waals surface area contributed by atoms with Crippen LogP contribution in [0.4, 0.5) is 22.7 Å². The van der Waals surface area contributed by atoms with Gasteiger partial charge in [-0.05, 0) is 100 Å². The number of piperidine rings is 1. The molecule has 3 N–H and O–H groups in total. The first kappa shape index (κ1) is 43.1. The summed E-state index contributed by atoms with van der Waals surface area (Å²) >= 11 is 17.6. The zero-order valence-corrected chi connectivity index (χ0v) is 35.9. The van der Waals surface area contributed by atoms with Crippen LogP contribution in [0.15, 0.2) is 54.6 Å². The lowest BCUT2D eigenvalue weighted by molar-refractivity contribution is -0.133. The average molecular weight is 850 g/mol. The van der Waals surface area contributed by atoms with Crippen molar-refractivity contribution >= 4 is 82.2 Å². The van der Waals surface area contributed by atoms with Crippen molar-refractivity contribution in [2.24, 2.45) is 0 Å². The standard InChI is InChI=1S/C42H50Cl2N8O5S/c1-24(2)33-18-32(52-41(58)51(40(56)42(52,5)6)31-8-7-27(20-45)34(44)19-31)9-11-36(33)57-14-13-49-21-25(3)50(26(4)22-49)23-38(54)47-30-16-28(43)15-29(17-30)46-35-10-12-37(53)48-39(35)55/h7-9,11,15-19,24-26,35,41,46,58H,10,12-14,21-23H2,1-6H3,(H,47,54)(H,48,53,55)/t25-,26+,35?,41?. The van der Waals surface area contributed by atoms with Gasteiger partial charge in [0.25, 0.3) is 5.91 Å². The first-order chi connectivity index (χ1) is 27.5. The van der Waals surface area contributed by atoms with Gasteiger partial charge in [-0.1, -0.05) is 37.0 Å². The lowest BCUT2D eigenvalue weighted by Crippen LogP contribution is -2.58. The van der Waals surface area contributed by atoms with Crippen LogP contribution < -0.4 is 30.5 Å². The van der Waals surface area contributed by atoms with Gasteiger partial charge in [0.15, 0.2) is 5.50 Å². The van der Waals surface area contributed by atoms with Gasteiger partial charge in [-0.15, -0.1) is 12.6 Å². The molecule has 3 fully saturated rings. The molecular formula is C42H50Cl2N8O5S. The van der Waals surface area contributed by atoms with E-state index >= 15 is 0 Å². The van der Waals surface area contributed by atoms with Crippen LogP contribution in [0.3, 0.4) is 0 Å². The van der Waals surface area contributed by atoms with Crippen molar-refractivity contribution in [3.63, 3.8) is 0 Å². The Morgan fingerprint density at radius 2 is 1.71 bits per heavy atom. The van der Waals surface area contributed by atoms with E-state index in [-0.39, 0.29) is 59.6 Å². The number of imide groups is 1. The zero-order valence-electron chi connectivity index (χ0n) is 33.5. The van der Waals surface area contributed by atoms with Crippen LogP contribution in [0.5, 0.6) is 5.75 Å². The molecule has 308 valence electrons. The quantitative estimate of drug-likeness (QED) is 0.118. The molecule has 4 atom stereocenters. The van der Waals surface area contributed by atoms with E-state index in [1.54, 1.807) is 41.3 Å². The molecule has 2 unspecified atom stereocenters. The first-order valence-corrected chi connectivity index (χ1v) is 20.7. The van der Waals surface area contributed by atoms with Crippen LogP contribution in [-0.4, -0.2) is 95.4 Å². The Hall–Kier alpha value is -4.52. The number of halogens is 2. The number of carbonyl (C=O) groups excluding carboxylic acids is 4. The first-order valence-electron chi connectivity index (χ1n) is 19.4. The molecule has 58 heavy (non-hydrogen) atoms. The van der Waals surface area contributed by atoms with E-state index in [0.29, 0.717) is 47.2 Å². The smallest absolute Gasteiger partial charge is 0.254 e. The number of carbonyl (C=O) groups is 4. The van der Waals surface area contributed by atoms with Crippen LogP contribution in [0.25, 0.3) is 0 Å². The predicted molar refractivity (Wildman–Crippen MR) is 231 cm³/mol. The molecule has 3 aliphatic heterocycles. The monoisotopic (exact) mass is 848 g/mol. The second-order valence-corrected chi connectivity index (χ2v) is 17.3. The van der Waals surface area contributed by atoms with Gasteiger partial charge in [0.05, 0.1) is 17.1 Å². The maximum atomic E-state index is 13.8. The van der Waals surface area contributed by atoms with Crippen molar-refractivity contribution in [2.45, 2.75) is 89.5 Å². The Bertz CT molecular complexity index is 2120. The molecule has 3 heterocycles. The number of rotatable bonds is 12. The van der Waals surface area contributed by atoms with Gasteiger partial charge < -0.3 is 20.3 Å². The Morgan fingerprint density at radius 1 is 1.02 bits per heavy atom. The third-order valence-corrected chi connectivity index (χ3v) is 12.0. The molecule has 3 aromatic rings. The summed E-state index contributed by atoms with van der Waals surface area (Å²) < 4.78 is 6.42. The number of hydrogen-bond donors (Lipinski definition) is 4. The summed E-state index contributed by atoms with van der Waals surface area (Å²) in [5.74, 6) is -0.0770. The molecule has 6 rings (SSSR count). The molecular weight excluding hydrogens is 799 g/mol. The Balaban J connectivity index is 1.04. The lowest BCUT2D eigenvalue weighted by Gasteiger charge is -2.44. The van der Waals surface area contributed by atoms with Crippen LogP contribution in [-0.2, 0) is 19.2 Å². The Labute approximate surface area is 355 Å². The summed E-state index contributed by atoms with van der Waals surface area (Å²) in [5.41, 5.74) is 2.29. The molecule has 4 amide bonds. The fourth-order valence-electron chi connectivity index (χ4n) is 8.02. The molecule has 13 nitrogen and oxygen atoms in total. The minimum atomic E-state index is -0.921. The number of ether oxygens (including phenoxy) is 1. The molecule has 0 spiro atoms. The Morgan fingerprint density at radius 3 is 2.36 bits per heavy atom. The lowest BCUT2D eigenvalue weighted by atomic mass is 9.98. The largest absolute Gasteiger partial charge is 0.492 e. The van der Waals surface area contributed by atoms with Gasteiger partial charge >= 0.3 is 0 Å². The highest BCUT2D eigenvalue weighted by Gasteiger charge is 2.51. The van der Waals surface area contributed by atoms with Crippen molar-refractivity contribution in [3.05, 3.63) is 75.8 Å². The summed E-state index contributed by atoms with van der Waals surface area (Å²) in [4.78, 5) is 59.0. The third kappa shape index (κ3) is 9.35. The molecule has 16 heteroatoms. The summed E-state index contributed by atoms with van der Waals surface area (Å²) in [6.45, 7) is 15.1. The van der Waals surface area contributed by atoms with Crippen molar-refractivity contribution in [1.82, 2.24) is 15.1 Å². The second kappa shape index (κ2) is 17.8. The number of thiol groups is 1. The number of amides is 4. The van der Waals surface area contributed by atoms with Crippen LogP contribution >= 0.6 is 35.8 Å². The van der Waals surface area contributed by atoms with E-state index in [1.807, 2.05) is 30.9 Å². The van der Waals surface area contributed by atoms with Crippen molar-refractivity contribution in [1.29, 1.82) is 5.26 Å². The highest BCUT2D eigenvalue weighted by atomic mass is 35.5. The number of nitriles is 1.